The third-order valence-electron chi connectivity index (χ3n) is 3.02. The summed E-state index contributed by atoms with van der Waals surface area (Å²) in [5.74, 6) is 0.750. The molecule has 15 heavy (non-hydrogen) atoms. The molecular formula is C14H20O. The summed E-state index contributed by atoms with van der Waals surface area (Å²) in [6.07, 6.45) is 1.17. The second-order valence-corrected chi connectivity index (χ2v) is 5.56. The van der Waals surface area contributed by atoms with Crippen LogP contribution < -0.4 is 0 Å². The monoisotopic (exact) mass is 204 g/mol. The third-order valence-corrected chi connectivity index (χ3v) is 3.02. The molecule has 1 aromatic rings. The molecule has 0 unspecified atom stereocenters. The highest BCUT2D eigenvalue weighted by Gasteiger charge is 2.19. The molecule has 1 aliphatic heterocycles. The number of hydrogen-bond acceptors (Lipinski definition) is 1. The van der Waals surface area contributed by atoms with Crippen molar-refractivity contribution >= 4 is 0 Å². The van der Waals surface area contributed by atoms with Crippen molar-refractivity contribution in [2.45, 2.75) is 32.6 Å². The van der Waals surface area contributed by atoms with E-state index >= 15 is 0 Å². The van der Waals surface area contributed by atoms with E-state index in [9.17, 15) is 0 Å². The standard InChI is InChI=1S/C14H20O/c1-14(2,3)13-6-4-5-11(8-13)7-12-9-15-10-12/h4-6,8,12H,7,9-10H2,1-3H3. The molecule has 0 saturated carbocycles. The number of benzene rings is 1. The molecule has 0 N–H and O–H groups in total. The molecule has 2 rings (SSSR count). The Morgan fingerprint density at radius 2 is 2.00 bits per heavy atom. The van der Waals surface area contributed by atoms with Gasteiger partial charge in [-0.15, -0.1) is 0 Å². The second-order valence-electron chi connectivity index (χ2n) is 5.56. The maximum Gasteiger partial charge on any atom is 0.0519 e. The minimum absolute atomic E-state index is 0.256. The van der Waals surface area contributed by atoms with Crippen LogP contribution in [0.3, 0.4) is 0 Å². The maximum atomic E-state index is 5.20. The molecule has 0 spiro atoms. The van der Waals surface area contributed by atoms with Gasteiger partial charge in [-0.1, -0.05) is 45.0 Å². The Bertz CT molecular complexity index is 331. The van der Waals surface area contributed by atoms with Gasteiger partial charge in [-0.2, -0.15) is 0 Å². The number of rotatable bonds is 2. The third kappa shape index (κ3) is 2.60. The van der Waals surface area contributed by atoms with Crippen LogP contribution in [0.25, 0.3) is 0 Å². The molecule has 0 atom stereocenters. The van der Waals surface area contributed by atoms with E-state index < -0.39 is 0 Å². The predicted octanol–water partition coefficient (Wildman–Crippen LogP) is 3.17. The molecule has 1 saturated heterocycles. The molecule has 0 radical (unpaired) electrons. The zero-order valence-corrected chi connectivity index (χ0v) is 9.92. The molecule has 0 aromatic heterocycles. The molecule has 1 nitrogen and oxygen atoms in total. The van der Waals surface area contributed by atoms with E-state index in [-0.39, 0.29) is 5.41 Å². The summed E-state index contributed by atoms with van der Waals surface area (Å²) in [7, 11) is 0. The van der Waals surface area contributed by atoms with E-state index in [1.54, 1.807) is 0 Å². The average molecular weight is 204 g/mol. The first-order valence-electron chi connectivity index (χ1n) is 5.73. The van der Waals surface area contributed by atoms with Gasteiger partial charge < -0.3 is 4.74 Å². The lowest BCUT2D eigenvalue weighted by atomic mass is 9.85. The Morgan fingerprint density at radius 1 is 1.27 bits per heavy atom. The SMILES string of the molecule is CC(C)(C)c1cccc(CC2COC2)c1. The van der Waals surface area contributed by atoms with Crippen molar-refractivity contribution in [3.63, 3.8) is 0 Å². The van der Waals surface area contributed by atoms with E-state index in [1.807, 2.05) is 0 Å². The van der Waals surface area contributed by atoms with Crippen molar-refractivity contribution in [2.75, 3.05) is 13.2 Å². The molecule has 1 fully saturated rings. The minimum Gasteiger partial charge on any atom is -0.381 e. The average Bonchev–Trinajstić information content (AvgIpc) is 2.11. The highest BCUT2D eigenvalue weighted by atomic mass is 16.5. The first-order valence-corrected chi connectivity index (χ1v) is 5.73. The van der Waals surface area contributed by atoms with Crippen molar-refractivity contribution in [1.29, 1.82) is 0 Å². The molecular weight excluding hydrogens is 184 g/mol. The van der Waals surface area contributed by atoms with Crippen LogP contribution in [0.2, 0.25) is 0 Å². The smallest absolute Gasteiger partial charge is 0.0519 e. The summed E-state index contributed by atoms with van der Waals surface area (Å²) in [6.45, 7) is 8.68. The van der Waals surface area contributed by atoms with Gasteiger partial charge in [0, 0.05) is 5.92 Å². The lowest BCUT2D eigenvalue weighted by molar-refractivity contribution is -0.0312. The van der Waals surface area contributed by atoms with Crippen LogP contribution in [0.1, 0.15) is 31.9 Å². The molecule has 82 valence electrons. The lowest BCUT2D eigenvalue weighted by Gasteiger charge is -2.26. The quantitative estimate of drug-likeness (QED) is 0.719. The van der Waals surface area contributed by atoms with Gasteiger partial charge in [0.2, 0.25) is 0 Å². The van der Waals surface area contributed by atoms with Gasteiger partial charge in [0.15, 0.2) is 0 Å². The summed E-state index contributed by atoms with van der Waals surface area (Å²) in [5, 5.41) is 0. The van der Waals surface area contributed by atoms with Gasteiger partial charge in [-0.25, -0.2) is 0 Å². The number of hydrogen-bond donors (Lipinski definition) is 0. The van der Waals surface area contributed by atoms with Gasteiger partial charge in [-0.05, 0) is 23.0 Å². The Balaban J connectivity index is 2.11. The van der Waals surface area contributed by atoms with Crippen LogP contribution in [-0.4, -0.2) is 13.2 Å². The van der Waals surface area contributed by atoms with Crippen LogP contribution >= 0.6 is 0 Å². The van der Waals surface area contributed by atoms with E-state index in [0.717, 1.165) is 19.1 Å². The fourth-order valence-electron chi connectivity index (χ4n) is 1.90. The fraction of sp³-hybridized carbons (Fsp3) is 0.571. The topological polar surface area (TPSA) is 9.23 Å². The van der Waals surface area contributed by atoms with Crippen molar-refractivity contribution in [2.24, 2.45) is 5.92 Å². The zero-order chi connectivity index (χ0) is 10.9. The largest absolute Gasteiger partial charge is 0.381 e. The molecule has 1 heterocycles. The summed E-state index contributed by atoms with van der Waals surface area (Å²) < 4.78 is 5.20. The minimum atomic E-state index is 0.256. The second kappa shape index (κ2) is 3.97. The van der Waals surface area contributed by atoms with Crippen LogP contribution in [0.15, 0.2) is 24.3 Å². The molecule has 1 aliphatic rings. The highest BCUT2D eigenvalue weighted by Crippen LogP contribution is 2.24. The maximum absolute atomic E-state index is 5.20. The van der Waals surface area contributed by atoms with Crippen LogP contribution in [0.5, 0.6) is 0 Å². The molecule has 1 heteroatoms. The van der Waals surface area contributed by atoms with Crippen LogP contribution in [-0.2, 0) is 16.6 Å². The fourth-order valence-corrected chi connectivity index (χ4v) is 1.90. The summed E-state index contributed by atoms with van der Waals surface area (Å²) in [4.78, 5) is 0. The Kier molecular flexibility index (Phi) is 2.83. The Hall–Kier alpha value is -0.820. The first kappa shape index (κ1) is 10.7. The van der Waals surface area contributed by atoms with Crippen LogP contribution in [0.4, 0.5) is 0 Å². The summed E-state index contributed by atoms with van der Waals surface area (Å²) in [5.41, 5.74) is 3.14. The highest BCUT2D eigenvalue weighted by molar-refractivity contribution is 5.29. The van der Waals surface area contributed by atoms with Crippen molar-refractivity contribution in [3.8, 4) is 0 Å². The Labute approximate surface area is 92.5 Å². The van der Waals surface area contributed by atoms with E-state index in [4.69, 9.17) is 4.74 Å². The van der Waals surface area contributed by atoms with E-state index in [0.29, 0.717) is 0 Å². The number of ether oxygens (including phenoxy) is 1. The van der Waals surface area contributed by atoms with Crippen molar-refractivity contribution < 1.29 is 4.74 Å². The van der Waals surface area contributed by atoms with Crippen molar-refractivity contribution in [3.05, 3.63) is 35.4 Å². The molecule has 0 aliphatic carbocycles. The molecule has 0 bridgehead atoms. The van der Waals surface area contributed by atoms with Gasteiger partial charge in [-0.3, -0.25) is 0 Å². The van der Waals surface area contributed by atoms with Gasteiger partial charge in [0.25, 0.3) is 0 Å². The van der Waals surface area contributed by atoms with Crippen LogP contribution in [0, 0.1) is 5.92 Å². The van der Waals surface area contributed by atoms with E-state index in [1.165, 1.54) is 17.5 Å². The lowest BCUT2D eigenvalue weighted by Crippen LogP contribution is -2.29. The van der Waals surface area contributed by atoms with Crippen molar-refractivity contribution in [1.82, 2.24) is 0 Å². The molecule has 1 aromatic carbocycles. The predicted molar refractivity (Wildman–Crippen MR) is 63.2 cm³/mol. The van der Waals surface area contributed by atoms with Gasteiger partial charge >= 0.3 is 0 Å². The summed E-state index contributed by atoms with van der Waals surface area (Å²) >= 11 is 0. The normalized spacial score (nSPS) is 17.5. The van der Waals surface area contributed by atoms with Gasteiger partial charge in [0.1, 0.15) is 0 Å². The molecule has 0 amide bonds. The first-order chi connectivity index (χ1) is 7.05. The summed E-state index contributed by atoms with van der Waals surface area (Å²) in [6, 6.07) is 8.97. The Morgan fingerprint density at radius 3 is 2.53 bits per heavy atom. The van der Waals surface area contributed by atoms with E-state index in [2.05, 4.69) is 45.0 Å². The van der Waals surface area contributed by atoms with Gasteiger partial charge in [0.05, 0.1) is 13.2 Å². The zero-order valence-electron chi connectivity index (χ0n) is 9.92.